The van der Waals surface area contributed by atoms with E-state index in [-0.39, 0.29) is 17.9 Å². The summed E-state index contributed by atoms with van der Waals surface area (Å²) < 4.78 is 0. The van der Waals surface area contributed by atoms with Crippen LogP contribution >= 0.6 is 0 Å². The first-order valence-corrected chi connectivity index (χ1v) is 11.4. The second-order valence-corrected chi connectivity index (χ2v) is 8.41. The molecular weight excluding hydrogens is 378 g/mol. The zero-order valence-corrected chi connectivity index (χ0v) is 19.1. The van der Waals surface area contributed by atoms with E-state index in [1.807, 2.05) is 13.0 Å². The van der Waals surface area contributed by atoms with Crippen LogP contribution in [0.3, 0.4) is 0 Å². The second kappa shape index (κ2) is 11.9. The lowest BCUT2D eigenvalue weighted by Crippen LogP contribution is -2.54. The van der Waals surface area contributed by atoms with E-state index in [1.165, 1.54) is 19.3 Å². The molecule has 2 amide bonds. The highest BCUT2D eigenvalue weighted by atomic mass is 16.2. The summed E-state index contributed by atoms with van der Waals surface area (Å²) in [4.78, 5) is 34.2. The van der Waals surface area contributed by atoms with Crippen molar-refractivity contribution in [3.8, 4) is 0 Å². The molecule has 2 atom stereocenters. The number of likely N-dealkylation sites (N-methyl/N-ethyl adjacent to an activating group) is 2. The Morgan fingerprint density at radius 1 is 1.20 bits per heavy atom. The fraction of sp³-hybridized carbons (Fsp3) is 0.696. The van der Waals surface area contributed by atoms with Gasteiger partial charge in [0.05, 0.1) is 6.04 Å². The van der Waals surface area contributed by atoms with Crippen molar-refractivity contribution in [2.24, 2.45) is 5.92 Å². The van der Waals surface area contributed by atoms with Crippen molar-refractivity contribution in [3.05, 3.63) is 23.9 Å². The number of nitrogens with zero attached hydrogens (tertiary/aromatic N) is 3. The summed E-state index contributed by atoms with van der Waals surface area (Å²) in [5, 5.41) is 3.01. The first kappa shape index (κ1) is 24.1. The number of aromatic nitrogens is 1. The van der Waals surface area contributed by atoms with Crippen molar-refractivity contribution in [2.75, 3.05) is 25.9 Å². The molecule has 0 bridgehead atoms. The number of nitrogen functional groups attached to an aromatic ring is 1. The zero-order chi connectivity index (χ0) is 22.1. The number of nitrogens with two attached hydrogens (primary N) is 1. The minimum Gasteiger partial charge on any atom is -0.384 e. The van der Waals surface area contributed by atoms with Crippen molar-refractivity contribution >= 4 is 17.6 Å². The molecule has 168 valence electrons. The molecular formula is C23H39N5O2. The standard InChI is InChI=1S/C23H39N5O2/c1-5-28(6-2)17(3)23(30)27(4)20(14-18-10-8-7-9-11-18)22(29)26-16-19-12-13-21(24)25-15-19/h12-13,15,17-18,20H,5-11,14,16H2,1-4H3,(H2,24,25)(H,26,29)/t17-,20-/m0/s1. The van der Waals surface area contributed by atoms with Gasteiger partial charge in [-0.3, -0.25) is 14.5 Å². The summed E-state index contributed by atoms with van der Waals surface area (Å²) in [6.45, 7) is 8.03. The van der Waals surface area contributed by atoms with Crippen LogP contribution < -0.4 is 11.1 Å². The van der Waals surface area contributed by atoms with Crippen LogP contribution in [0.5, 0.6) is 0 Å². The molecule has 1 fully saturated rings. The number of pyridine rings is 1. The van der Waals surface area contributed by atoms with Gasteiger partial charge >= 0.3 is 0 Å². The van der Waals surface area contributed by atoms with Gasteiger partial charge in [-0.2, -0.15) is 0 Å². The Morgan fingerprint density at radius 2 is 1.87 bits per heavy atom. The van der Waals surface area contributed by atoms with E-state index in [4.69, 9.17) is 5.73 Å². The third-order valence-corrected chi connectivity index (χ3v) is 6.43. The quantitative estimate of drug-likeness (QED) is 0.611. The number of carbonyl (C=O) groups is 2. The first-order valence-electron chi connectivity index (χ1n) is 11.4. The number of anilines is 1. The largest absolute Gasteiger partial charge is 0.384 e. The molecule has 0 aromatic carbocycles. The molecule has 1 aromatic heterocycles. The summed E-state index contributed by atoms with van der Waals surface area (Å²) >= 11 is 0. The van der Waals surface area contributed by atoms with Gasteiger partial charge in [-0.05, 0) is 44.0 Å². The number of rotatable bonds is 10. The average Bonchev–Trinajstić information content (AvgIpc) is 2.77. The molecule has 1 saturated carbocycles. The van der Waals surface area contributed by atoms with E-state index in [1.54, 1.807) is 24.2 Å². The highest BCUT2D eigenvalue weighted by molar-refractivity contribution is 5.89. The van der Waals surface area contributed by atoms with Gasteiger partial charge in [0.15, 0.2) is 0 Å². The van der Waals surface area contributed by atoms with Gasteiger partial charge in [0.25, 0.3) is 0 Å². The lowest BCUT2D eigenvalue weighted by molar-refractivity contribution is -0.143. The van der Waals surface area contributed by atoms with Crippen molar-refractivity contribution in [1.82, 2.24) is 20.1 Å². The molecule has 1 heterocycles. The molecule has 0 spiro atoms. The molecule has 3 N–H and O–H groups in total. The highest BCUT2D eigenvalue weighted by Gasteiger charge is 2.33. The van der Waals surface area contributed by atoms with Crippen LogP contribution in [0.2, 0.25) is 0 Å². The van der Waals surface area contributed by atoms with Gasteiger partial charge in [0, 0.05) is 19.8 Å². The topological polar surface area (TPSA) is 91.6 Å². The first-order chi connectivity index (χ1) is 14.4. The van der Waals surface area contributed by atoms with E-state index in [9.17, 15) is 9.59 Å². The number of hydrogen-bond donors (Lipinski definition) is 2. The zero-order valence-electron chi connectivity index (χ0n) is 19.1. The van der Waals surface area contributed by atoms with Gasteiger partial charge < -0.3 is 16.0 Å². The minimum atomic E-state index is -0.458. The van der Waals surface area contributed by atoms with Gasteiger partial charge in [0.2, 0.25) is 11.8 Å². The molecule has 1 aliphatic rings. The molecule has 30 heavy (non-hydrogen) atoms. The Bertz CT molecular complexity index is 669. The maximum Gasteiger partial charge on any atom is 0.243 e. The average molecular weight is 418 g/mol. The Hall–Kier alpha value is -2.15. The van der Waals surface area contributed by atoms with Gasteiger partial charge in [-0.25, -0.2) is 4.98 Å². The minimum absolute atomic E-state index is 0.00353. The van der Waals surface area contributed by atoms with Crippen LogP contribution in [-0.2, 0) is 16.1 Å². The number of carbonyl (C=O) groups excluding carboxylic acids is 2. The van der Waals surface area contributed by atoms with E-state index in [0.29, 0.717) is 18.3 Å². The SMILES string of the molecule is CCN(CC)[C@@H](C)C(=O)N(C)[C@@H](CC1CCCCC1)C(=O)NCc1ccc(N)nc1. The third kappa shape index (κ3) is 6.69. The van der Waals surface area contributed by atoms with Crippen LogP contribution in [0.4, 0.5) is 5.82 Å². The second-order valence-electron chi connectivity index (χ2n) is 8.41. The summed E-state index contributed by atoms with van der Waals surface area (Å²) in [5.41, 5.74) is 6.53. The van der Waals surface area contributed by atoms with Crippen LogP contribution in [-0.4, -0.2) is 58.8 Å². The predicted octanol–water partition coefficient (Wildman–Crippen LogP) is 2.81. The molecule has 1 aromatic rings. The van der Waals surface area contributed by atoms with E-state index in [0.717, 1.165) is 37.9 Å². The monoisotopic (exact) mass is 417 g/mol. The van der Waals surface area contributed by atoms with Crippen molar-refractivity contribution in [2.45, 2.75) is 77.9 Å². The van der Waals surface area contributed by atoms with Gasteiger partial charge in [-0.15, -0.1) is 0 Å². The smallest absolute Gasteiger partial charge is 0.243 e. The molecule has 0 saturated heterocycles. The van der Waals surface area contributed by atoms with Crippen LogP contribution in [0.1, 0.15) is 64.9 Å². The Kier molecular flexibility index (Phi) is 9.56. The number of amides is 2. The van der Waals surface area contributed by atoms with E-state index in [2.05, 4.69) is 29.0 Å². The van der Waals surface area contributed by atoms with Gasteiger partial charge in [0.1, 0.15) is 11.9 Å². The summed E-state index contributed by atoms with van der Waals surface area (Å²) in [6.07, 6.45) is 8.36. The maximum atomic E-state index is 13.2. The number of hydrogen-bond acceptors (Lipinski definition) is 5. The summed E-state index contributed by atoms with van der Waals surface area (Å²) in [7, 11) is 1.78. The fourth-order valence-corrected chi connectivity index (χ4v) is 4.40. The Labute approximate surface area is 181 Å². The molecule has 1 aliphatic carbocycles. The molecule has 7 nitrogen and oxygen atoms in total. The lowest BCUT2D eigenvalue weighted by atomic mass is 9.84. The summed E-state index contributed by atoms with van der Waals surface area (Å²) in [5.74, 6) is 0.853. The van der Waals surface area contributed by atoms with Crippen LogP contribution in [0.15, 0.2) is 18.3 Å². The maximum absolute atomic E-state index is 13.2. The molecule has 7 heteroatoms. The highest BCUT2D eigenvalue weighted by Crippen LogP contribution is 2.29. The molecule has 0 aliphatic heterocycles. The van der Waals surface area contributed by atoms with Crippen molar-refractivity contribution < 1.29 is 9.59 Å². The van der Waals surface area contributed by atoms with Crippen molar-refractivity contribution in [1.29, 1.82) is 0 Å². The van der Waals surface area contributed by atoms with Crippen LogP contribution in [0, 0.1) is 5.92 Å². The predicted molar refractivity (Wildman–Crippen MR) is 121 cm³/mol. The Balaban J connectivity index is 2.10. The fourth-order valence-electron chi connectivity index (χ4n) is 4.40. The van der Waals surface area contributed by atoms with Gasteiger partial charge in [-0.1, -0.05) is 52.0 Å². The Morgan fingerprint density at radius 3 is 2.43 bits per heavy atom. The molecule has 0 radical (unpaired) electrons. The van der Waals surface area contributed by atoms with E-state index >= 15 is 0 Å². The van der Waals surface area contributed by atoms with E-state index < -0.39 is 6.04 Å². The van der Waals surface area contributed by atoms with Crippen LogP contribution in [0.25, 0.3) is 0 Å². The third-order valence-electron chi connectivity index (χ3n) is 6.43. The molecule has 0 unspecified atom stereocenters. The lowest BCUT2D eigenvalue weighted by Gasteiger charge is -2.35. The molecule has 2 rings (SSSR count). The number of nitrogens with one attached hydrogen (secondary N) is 1. The summed E-state index contributed by atoms with van der Waals surface area (Å²) in [6, 6.07) is 2.88. The van der Waals surface area contributed by atoms with Crippen molar-refractivity contribution in [3.63, 3.8) is 0 Å². The normalized spacial score (nSPS) is 16.8.